The third kappa shape index (κ3) is 3.27. The second kappa shape index (κ2) is 5.98. The van der Waals surface area contributed by atoms with Gasteiger partial charge in [-0.2, -0.15) is 0 Å². The molecule has 1 aliphatic heterocycles. The number of amides is 1. The van der Waals surface area contributed by atoms with Gasteiger partial charge in [-0.15, -0.1) is 0 Å². The Hall–Kier alpha value is -0.610. The molecule has 0 bridgehead atoms. The summed E-state index contributed by atoms with van der Waals surface area (Å²) >= 11 is 0. The number of nitrogens with two attached hydrogens (primary N) is 1. The zero-order chi connectivity index (χ0) is 10.4. The van der Waals surface area contributed by atoms with Gasteiger partial charge >= 0.3 is 0 Å². The Morgan fingerprint density at radius 3 is 3.00 bits per heavy atom. The quantitative estimate of drug-likeness (QED) is 0.666. The number of nitrogens with zero attached hydrogens (tertiary/aromatic N) is 1. The van der Waals surface area contributed by atoms with Gasteiger partial charge in [-0.3, -0.25) is 9.69 Å². The molecule has 0 spiro atoms. The summed E-state index contributed by atoms with van der Waals surface area (Å²) in [5.74, 6) is 0.117. The zero-order valence-electron chi connectivity index (χ0n) is 8.96. The highest BCUT2D eigenvalue weighted by atomic mass is 16.1. The number of carbonyl (C=O) groups excluding carboxylic acids is 1. The van der Waals surface area contributed by atoms with Crippen LogP contribution in [0.25, 0.3) is 0 Å². The van der Waals surface area contributed by atoms with E-state index in [0.29, 0.717) is 19.0 Å². The van der Waals surface area contributed by atoms with Crippen LogP contribution in [0.1, 0.15) is 25.7 Å². The number of piperidine rings is 1. The Morgan fingerprint density at radius 2 is 2.36 bits per heavy atom. The lowest BCUT2D eigenvalue weighted by Gasteiger charge is -2.34. The topological polar surface area (TPSA) is 58.4 Å². The zero-order valence-corrected chi connectivity index (χ0v) is 8.96. The van der Waals surface area contributed by atoms with Crippen LogP contribution in [0.5, 0.6) is 0 Å². The van der Waals surface area contributed by atoms with Crippen molar-refractivity contribution in [3.63, 3.8) is 0 Å². The smallest absolute Gasteiger partial charge is 0.221 e. The first-order valence-electron chi connectivity index (χ1n) is 5.42. The lowest BCUT2D eigenvalue weighted by Crippen LogP contribution is -2.45. The molecule has 1 amide bonds. The summed E-state index contributed by atoms with van der Waals surface area (Å²) in [7, 11) is 1.68. The second-order valence-electron chi connectivity index (χ2n) is 3.84. The summed E-state index contributed by atoms with van der Waals surface area (Å²) in [5, 5.41) is 2.64. The fourth-order valence-corrected chi connectivity index (χ4v) is 1.99. The van der Waals surface area contributed by atoms with Gasteiger partial charge in [0, 0.05) is 32.6 Å². The number of nitrogens with one attached hydrogen (secondary N) is 1. The van der Waals surface area contributed by atoms with Gasteiger partial charge < -0.3 is 11.1 Å². The lowest BCUT2D eigenvalue weighted by molar-refractivity contribution is -0.121. The molecule has 0 aromatic rings. The molecule has 0 aromatic heterocycles. The molecule has 4 heteroatoms. The first-order chi connectivity index (χ1) is 6.77. The summed E-state index contributed by atoms with van der Waals surface area (Å²) < 4.78 is 0. The van der Waals surface area contributed by atoms with Gasteiger partial charge in [-0.25, -0.2) is 0 Å². The number of likely N-dealkylation sites (tertiary alicyclic amines) is 1. The minimum Gasteiger partial charge on any atom is -0.359 e. The molecule has 3 N–H and O–H groups in total. The molecule has 0 saturated carbocycles. The van der Waals surface area contributed by atoms with Gasteiger partial charge in [0.25, 0.3) is 0 Å². The van der Waals surface area contributed by atoms with Crippen molar-refractivity contribution in [1.29, 1.82) is 0 Å². The molecule has 1 fully saturated rings. The van der Waals surface area contributed by atoms with Crippen molar-refractivity contribution >= 4 is 5.91 Å². The first kappa shape index (κ1) is 11.5. The molecule has 14 heavy (non-hydrogen) atoms. The van der Waals surface area contributed by atoms with Crippen LogP contribution in [0.3, 0.4) is 0 Å². The van der Waals surface area contributed by atoms with E-state index in [0.717, 1.165) is 13.1 Å². The standard InChI is InChI=1S/C10H21N3O/c1-12-10(14)5-7-13-6-3-2-4-9(13)8-11/h9H,2-8,11H2,1H3,(H,12,14). The van der Waals surface area contributed by atoms with Crippen LogP contribution in [0.15, 0.2) is 0 Å². The summed E-state index contributed by atoms with van der Waals surface area (Å²) in [5.41, 5.74) is 5.69. The fraction of sp³-hybridized carbons (Fsp3) is 0.900. The summed E-state index contributed by atoms with van der Waals surface area (Å²) in [4.78, 5) is 13.4. The Balaban J connectivity index is 2.29. The lowest BCUT2D eigenvalue weighted by atomic mass is 10.0. The van der Waals surface area contributed by atoms with Crippen molar-refractivity contribution in [2.75, 3.05) is 26.7 Å². The Kier molecular flexibility index (Phi) is 4.90. The Morgan fingerprint density at radius 1 is 1.57 bits per heavy atom. The minimum absolute atomic E-state index is 0.117. The number of carbonyl (C=O) groups is 1. The SMILES string of the molecule is CNC(=O)CCN1CCCCC1CN. The van der Waals surface area contributed by atoms with E-state index in [-0.39, 0.29) is 5.91 Å². The monoisotopic (exact) mass is 199 g/mol. The molecule has 1 heterocycles. The summed E-state index contributed by atoms with van der Waals surface area (Å²) in [6.45, 7) is 2.66. The Bertz CT molecular complexity index is 184. The number of rotatable bonds is 4. The predicted molar refractivity (Wildman–Crippen MR) is 57.0 cm³/mol. The van der Waals surface area contributed by atoms with Gasteiger partial charge in [-0.1, -0.05) is 6.42 Å². The molecule has 82 valence electrons. The van der Waals surface area contributed by atoms with E-state index in [9.17, 15) is 4.79 Å². The van der Waals surface area contributed by atoms with Crippen LogP contribution < -0.4 is 11.1 Å². The average molecular weight is 199 g/mol. The van der Waals surface area contributed by atoms with Crippen molar-refractivity contribution < 1.29 is 4.79 Å². The summed E-state index contributed by atoms with van der Waals surface area (Å²) in [6, 6.07) is 0.494. The Labute approximate surface area is 85.8 Å². The highest BCUT2D eigenvalue weighted by molar-refractivity contribution is 5.75. The summed E-state index contributed by atoms with van der Waals surface area (Å²) in [6.07, 6.45) is 4.29. The van der Waals surface area contributed by atoms with E-state index in [2.05, 4.69) is 10.2 Å². The number of hydrogen-bond donors (Lipinski definition) is 2. The van der Waals surface area contributed by atoms with E-state index in [4.69, 9.17) is 5.73 Å². The number of hydrogen-bond acceptors (Lipinski definition) is 3. The van der Waals surface area contributed by atoms with Crippen LogP contribution in [0, 0.1) is 0 Å². The molecule has 1 saturated heterocycles. The molecular formula is C10H21N3O. The van der Waals surface area contributed by atoms with Gasteiger partial charge in [-0.05, 0) is 19.4 Å². The highest BCUT2D eigenvalue weighted by Gasteiger charge is 2.20. The van der Waals surface area contributed by atoms with Crippen molar-refractivity contribution in [1.82, 2.24) is 10.2 Å². The minimum atomic E-state index is 0.117. The second-order valence-corrected chi connectivity index (χ2v) is 3.84. The van der Waals surface area contributed by atoms with Crippen molar-refractivity contribution in [2.24, 2.45) is 5.73 Å². The van der Waals surface area contributed by atoms with E-state index in [1.54, 1.807) is 7.05 Å². The molecule has 0 aromatic carbocycles. The molecular weight excluding hydrogens is 178 g/mol. The van der Waals surface area contributed by atoms with Crippen LogP contribution in [-0.2, 0) is 4.79 Å². The molecule has 1 unspecified atom stereocenters. The van der Waals surface area contributed by atoms with Gasteiger partial charge in [0.05, 0.1) is 0 Å². The molecule has 1 atom stereocenters. The van der Waals surface area contributed by atoms with Gasteiger partial charge in [0.15, 0.2) is 0 Å². The van der Waals surface area contributed by atoms with E-state index >= 15 is 0 Å². The maximum atomic E-state index is 11.1. The molecule has 1 aliphatic rings. The van der Waals surface area contributed by atoms with E-state index in [1.165, 1.54) is 19.3 Å². The fourth-order valence-electron chi connectivity index (χ4n) is 1.99. The van der Waals surface area contributed by atoms with Crippen LogP contribution in [0.2, 0.25) is 0 Å². The molecule has 1 rings (SSSR count). The normalized spacial score (nSPS) is 23.4. The van der Waals surface area contributed by atoms with Crippen LogP contribution >= 0.6 is 0 Å². The molecule has 4 nitrogen and oxygen atoms in total. The van der Waals surface area contributed by atoms with Gasteiger partial charge in [0.2, 0.25) is 5.91 Å². The third-order valence-electron chi connectivity index (χ3n) is 2.93. The van der Waals surface area contributed by atoms with Gasteiger partial charge in [0.1, 0.15) is 0 Å². The average Bonchev–Trinajstić information content (AvgIpc) is 2.26. The highest BCUT2D eigenvalue weighted by Crippen LogP contribution is 2.15. The predicted octanol–water partition coefficient (Wildman–Crippen LogP) is -0.0643. The van der Waals surface area contributed by atoms with Crippen molar-refractivity contribution in [3.8, 4) is 0 Å². The maximum absolute atomic E-state index is 11.1. The largest absolute Gasteiger partial charge is 0.359 e. The first-order valence-corrected chi connectivity index (χ1v) is 5.42. The third-order valence-corrected chi connectivity index (χ3v) is 2.93. The van der Waals surface area contributed by atoms with E-state index < -0.39 is 0 Å². The van der Waals surface area contributed by atoms with E-state index in [1.807, 2.05) is 0 Å². The van der Waals surface area contributed by atoms with Crippen LogP contribution in [-0.4, -0.2) is 43.5 Å². The molecule has 0 aliphatic carbocycles. The van der Waals surface area contributed by atoms with Crippen molar-refractivity contribution in [3.05, 3.63) is 0 Å². The maximum Gasteiger partial charge on any atom is 0.221 e. The van der Waals surface area contributed by atoms with Crippen molar-refractivity contribution in [2.45, 2.75) is 31.7 Å². The van der Waals surface area contributed by atoms with Crippen LogP contribution in [0.4, 0.5) is 0 Å². The molecule has 0 radical (unpaired) electrons.